The quantitative estimate of drug-likeness (QED) is 0.548. The van der Waals surface area contributed by atoms with Crippen LogP contribution in [0.5, 0.6) is 0 Å². The smallest absolute Gasteiger partial charge is 0.291 e. The largest absolute Gasteiger partial charge is 0.326 e. The molecule has 0 unspecified atom stereocenters. The molecule has 0 radical (unpaired) electrons. The minimum Gasteiger partial charge on any atom is -0.291 e. The Morgan fingerprint density at radius 1 is 0.731 bits per heavy atom. The molecule has 4 aromatic rings. The lowest BCUT2D eigenvalue weighted by atomic mass is 10.3. The van der Waals surface area contributed by atoms with Crippen LogP contribution in [0.1, 0.15) is 0 Å². The molecule has 0 aromatic carbocycles. The summed E-state index contributed by atoms with van der Waals surface area (Å²) in [5.41, 5.74) is 1.92. The first-order valence-electron chi connectivity index (χ1n) is 7.58. The van der Waals surface area contributed by atoms with Crippen molar-refractivity contribution in [2.24, 2.45) is 0 Å². The number of rotatable bonds is 4. The number of amides is 2. The number of anilines is 2. The van der Waals surface area contributed by atoms with Gasteiger partial charge in [0.2, 0.25) is 0 Å². The topological polar surface area (TPSA) is 92.7 Å². The van der Waals surface area contributed by atoms with Crippen LogP contribution in [0.3, 0.4) is 0 Å². The van der Waals surface area contributed by atoms with Crippen LogP contribution in [0.2, 0.25) is 0 Å². The van der Waals surface area contributed by atoms with Crippen molar-refractivity contribution < 1.29 is 4.79 Å². The molecule has 4 heterocycles. The molecule has 0 saturated heterocycles. The maximum atomic E-state index is 12.2. The first-order valence-corrected chi connectivity index (χ1v) is 9.34. The molecule has 0 spiro atoms. The van der Waals surface area contributed by atoms with Gasteiger partial charge < -0.3 is 0 Å². The van der Waals surface area contributed by atoms with Crippen LogP contribution in [-0.2, 0) is 0 Å². The molecule has 0 fully saturated rings. The third kappa shape index (κ3) is 3.73. The lowest BCUT2D eigenvalue weighted by Crippen LogP contribution is -2.19. The summed E-state index contributed by atoms with van der Waals surface area (Å²) in [6.07, 6.45) is 6.83. The number of urea groups is 1. The van der Waals surface area contributed by atoms with Gasteiger partial charge in [-0.3, -0.25) is 20.6 Å². The molecule has 4 rings (SSSR count). The second kappa shape index (κ2) is 7.38. The molecule has 0 bridgehead atoms. The number of hydrogen-bond acceptors (Lipinski definition) is 7. The zero-order valence-corrected chi connectivity index (χ0v) is 14.9. The average Bonchev–Trinajstić information content (AvgIpc) is 3.33. The second-order valence-electron chi connectivity index (χ2n) is 5.13. The molecule has 4 aromatic heterocycles. The molecule has 0 aliphatic rings. The van der Waals surface area contributed by atoms with Crippen molar-refractivity contribution in [3.63, 3.8) is 0 Å². The first-order chi connectivity index (χ1) is 12.8. The van der Waals surface area contributed by atoms with Crippen LogP contribution in [0.15, 0.2) is 59.8 Å². The minimum atomic E-state index is -0.386. The van der Waals surface area contributed by atoms with Gasteiger partial charge in [0.25, 0.3) is 0 Å². The van der Waals surface area contributed by atoms with Gasteiger partial charge in [0.15, 0.2) is 0 Å². The van der Waals surface area contributed by atoms with E-state index in [4.69, 9.17) is 0 Å². The van der Waals surface area contributed by atoms with Gasteiger partial charge in [0.1, 0.15) is 21.7 Å². The summed E-state index contributed by atoms with van der Waals surface area (Å²) in [5.74, 6) is 0.979. The predicted molar refractivity (Wildman–Crippen MR) is 103 cm³/mol. The standard InChI is InChI=1S/C17H12N6OS2/c24-17(22-13-9-25-15(20-13)11-1-5-18-6-2-11)23-14-10-26-16(21-14)12-3-7-19-8-4-12/h1-10H,(H2,22,23,24). The molecule has 0 saturated carbocycles. The molecule has 7 nitrogen and oxygen atoms in total. The summed E-state index contributed by atoms with van der Waals surface area (Å²) < 4.78 is 0. The van der Waals surface area contributed by atoms with E-state index in [2.05, 4.69) is 30.6 Å². The molecule has 0 atom stereocenters. The Morgan fingerprint density at radius 3 is 1.58 bits per heavy atom. The average molecular weight is 380 g/mol. The predicted octanol–water partition coefficient (Wildman–Crippen LogP) is 4.37. The maximum absolute atomic E-state index is 12.2. The zero-order chi connectivity index (χ0) is 17.8. The van der Waals surface area contributed by atoms with Crippen molar-refractivity contribution in [1.82, 2.24) is 19.9 Å². The fourth-order valence-electron chi connectivity index (χ4n) is 2.18. The van der Waals surface area contributed by atoms with E-state index in [0.717, 1.165) is 21.1 Å². The van der Waals surface area contributed by atoms with E-state index in [0.29, 0.717) is 11.6 Å². The van der Waals surface area contributed by atoms with E-state index in [-0.39, 0.29) is 6.03 Å². The molecule has 2 amide bonds. The molecule has 0 aliphatic heterocycles. The monoisotopic (exact) mass is 380 g/mol. The summed E-state index contributed by atoms with van der Waals surface area (Å²) in [5, 5.41) is 10.6. The van der Waals surface area contributed by atoms with Crippen molar-refractivity contribution >= 4 is 40.3 Å². The van der Waals surface area contributed by atoms with Crippen molar-refractivity contribution in [1.29, 1.82) is 0 Å². The Balaban J connectivity index is 1.40. The highest BCUT2D eigenvalue weighted by Gasteiger charge is 2.10. The summed E-state index contributed by atoms with van der Waals surface area (Å²) in [6, 6.07) is 7.11. The van der Waals surface area contributed by atoms with Crippen LogP contribution >= 0.6 is 22.7 Å². The maximum Gasteiger partial charge on any atom is 0.326 e. The second-order valence-corrected chi connectivity index (χ2v) is 6.84. The Kier molecular flexibility index (Phi) is 4.63. The lowest BCUT2D eigenvalue weighted by Gasteiger charge is -2.02. The number of pyridine rings is 2. The lowest BCUT2D eigenvalue weighted by molar-refractivity contribution is 0.262. The number of carbonyl (C=O) groups is 1. The Bertz CT molecular complexity index is 934. The highest BCUT2D eigenvalue weighted by atomic mass is 32.1. The van der Waals surface area contributed by atoms with Crippen LogP contribution in [0.25, 0.3) is 21.1 Å². The van der Waals surface area contributed by atoms with Crippen molar-refractivity contribution in [3.05, 3.63) is 59.8 Å². The van der Waals surface area contributed by atoms with Crippen molar-refractivity contribution in [2.45, 2.75) is 0 Å². The summed E-state index contributed by atoms with van der Waals surface area (Å²) in [4.78, 5) is 28.9. The molecule has 26 heavy (non-hydrogen) atoms. The van der Waals surface area contributed by atoms with E-state index in [1.165, 1.54) is 22.7 Å². The fourth-order valence-corrected chi connectivity index (χ4v) is 3.70. The number of carbonyl (C=O) groups excluding carboxylic acids is 1. The molecular formula is C17H12N6OS2. The van der Waals surface area contributed by atoms with E-state index < -0.39 is 0 Å². The zero-order valence-electron chi connectivity index (χ0n) is 13.3. The molecule has 0 aliphatic carbocycles. The molecular weight excluding hydrogens is 368 g/mol. The SMILES string of the molecule is O=C(Nc1csc(-c2ccncc2)n1)Nc1csc(-c2ccncc2)n1. The molecule has 9 heteroatoms. The van der Waals surface area contributed by atoms with E-state index in [1.807, 2.05) is 24.3 Å². The summed E-state index contributed by atoms with van der Waals surface area (Å²) >= 11 is 2.90. The third-order valence-corrected chi connectivity index (χ3v) is 5.13. The van der Waals surface area contributed by atoms with Gasteiger partial charge in [-0.1, -0.05) is 0 Å². The van der Waals surface area contributed by atoms with Crippen molar-refractivity contribution in [3.8, 4) is 21.1 Å². The van der Waals surface area contributed by atoms with E-state index >= 15 is 0 Å². The van der Waals surface area contributed by atoms with Gasteiger partial charge in [-0.15, -0.1) is 22.7 Å². The van der Waals surface area contributed by atoms with Gasteiger partial charge >= 0.3 is 6.03 Å². The molecule has 2 N–H and O–H groups in total. The number of nitrogens with zero attached hydrogens (tertiary/aromatic N) is 4. The highest BCUT2D eigenvalue weighted by Crippen LogP contribution is 2.26. The van der Waals surface area contributed by atoms with Crippen LogP contribution in [0.4, 0.5) is 16.4 Å². The third-order valence-electron chi connectivity index (χ3n) is 3.35. The van der Waals surface area contributed by atoms with Gasteiger partial charge in [0.05, 0.1) is 0 Å². The van der Waals surface area contributed by atoms with Gasteiger partial charge in [-0.25, -0.2) is 14.8 Å². The summed E-state index contributed by atoms with van der Waals surface area (Å²) in [7, 11) is 0. The van der Waals surface area contributed by atoms with Crippen LogP contribution in [0, 0.1) is 0 Å². The number of nitrogens with one attached hydrogen (secondary N) is 2. The highest BCUT2D eigenvalue weighted by molar-refractivity contribution is 7.13. The minimum absolute atomic E-state index is 0.386. The van der Waals surface area contributed by atoms with Crippen LogP contribution < -0.4 is 10.6 Å². The number of thiazole rings is 2. The van der Waals surface area contributed by atoms with Crippen molar-refractivity contribution in [2.75, 3.05) is 10.6 Å². The van der Waals surface area contributed by atoms with Crippen LogP contribution in [-0.4, -0.2) is 26.0 Å². The Labute approximate surface area is 156 Å². The number of aromatic nitrogens is 4. The van der Waals surface area contributed by atoms with Gasteiger partial charge in [-0.2, -0.15) is 0 Å². The van der Waals surface area contributed by atoms with Gasteiger partial charge in [-0.05, 0) is 24.3 Å². The van der Waals surface area contributed by atoms with E-state index in [9.17, 15) is 4.79 Å². The number of hydrogen-bond donors (Lipinski definition) is 2. The fraction of sp³-hybridized carbons (Fsp3) is 0. The summed E-state index contributed by atoms with van der Waals surface area (Å²) in [6.45, 7) is 0. The van der Waals surface area contributed by atoms with E-state index in [1.54, 1.807) is 35.5 Å². The Hall–Kier alpha value is -3.17. The Morgan fingerprint density at radius 2 is 1.15 bits per heavy atom. The first kappa shape index (κ1) is 16.3. The van der Waals surface area contributed by atoms with Gasteiger partial charge in [0, 0.05) is 46.7 Å². The normalized spacial score (nSPS) is 10.5. The molecule has 128 valence electrons.